The summed E-state index contributed by atoms with van der Waals surface area (Å²) in [6.45, 7) is 0.504. The second-order valence-corrected chi connectivity index (χ2v) is 7.48. The number of amides is 2. The summed E-state index contributed by atoms with van der Waals surface area (Å²) in [6.07, 6.45) is 10.5. The molecular formula is C23H29N3O3. The highest BCUT2D eigenvalue weighted by Crippen LogP contribution is 2.18. The summed E-state index contributed by atoms with van der Waals surface area (Å²) < 4.78 is 5.14. The Hall–Kier alpha value is -2.89. The van der Waals surface area contributed by atoms with Crippen molar-refractivity contribution in [2.24, 2.45) is 0 Å². The average Bonchev–Trinajstić information content (AvgIpc) is 3.03. The van der Waals surface area contributed by atoms with Crippen molar-refractivity contribution >= 4 is 11.8 Å². The molecule has 2 amide bonds. The number of carbonyl (C=O) groups is 2. The molecule has 0 saturated heterocycles. The molecule has 154 valence electrons. The lowest BCUT2D eigenvalue weighted by molar-refractivity contribution is 0.0933. The largest absolute Gasteiger partial charge is 0.497 e. The quantitative estimate of drug-likeness (QED) is 0.703. The normalized spacial score (nSPS) is 14.7. The molecule has 0 radical (unpaired) electrons. The molecule has 0 unspecified atom stereocenters. The van der Waals surface area contributed by atoms with E-state index in [1.165, 1.54) is 25.2 Å². The first-order valence-corrected chi connectivity index (χ1v) is 10.3. The zero-order chi connectivity index (χ0) is 20.5. The number of pyridine rings is 1. The summed E-state index contributed by atoms with van der Waals surface area (Å²) in [5.41, 5.74) is 1.94. The third-order valence-corrected chi connectivity index (χ3v) is 5.31. The number of nitrogens with one attached hydrogen (secondary N) is 2. The van der Waals surface area contributed by atoms with Gasteiger partial charge in [-0.15, -0.1) is 0 Å². The van der Waals surface area contributed by atoms with E-state index in [-0.39, 0.29) is 17.9 Å². The standard InChI is InChI=1S/C23H29N3O3/c1-29-21-10-8-17(9-11-21)12-13-25-22(27)18-14-19(16-24-15-18)23(28)26-20-6-4-2-3-5-7-20/h8-11,14-16,20H,2-7,12-13H2,1H3,(H,25,27)(H,26,28). The fourth-order valence-electron chi connectivity index (χ4n) is 3.60. The smallest absolute Gasteiger partial charge is 0.253 e. The Morgan fingerprint density at radius 3 is 2.31 bits per heavy atom. The number of carbonyl (C=O) groups excluding carboxylic acids is 2. The van der Waals surface area contributed by atoms with Gasteiger partial charge < -0.3 is 15.4 Å². The molecule has 3 rings (SSSR count). The monoisotopic (exact) mass is 395 g/mol. The maximum Gasteiger partial charge on any atom is 0.253 e. The van der Waals surface area contributed by atoms with Crippen LogP contribution in [-0.2, 0) is 6.42 Å². The third kappa shape index (κ3) is 6.31. The van der Waals surface area contributed by atoms with Gasteiger partial charge in [0.05, 0.1) is 18.2 Å². The van der Waals surface area contributed by atoms with E-state index in [0.717, 1.165) is 37.0 Å². The van der Waals surface area contributed by atoms with Crippen molar-refractivity contribution in [3.8, 4) is 5.75 Å². The molecule has 0 atom stereocenters. The molecule has 0 bridgehead atoms. The minimum atomic E-state index is -0.227. The molecule has 1 heterocycles. The minimum absolute atomic E-state index is 0.155. The van der Waals surface area contributed by atoms with Crippen molar-refractivity contribution in [1.29, 1.82) is 0 Å². The van der Waals surface area contributed by atoms with Crippen molar-refractivity contribution < 1.29 is 14.3 Å². The van der Waals surface area contributed by atoms with Crippen molar-refractivity contribution in [2.75, 3.05) is 13.7 Å². The van der Waals surface area contributed by atoms with Crippen LogP contribution in [0.25, 0.3) is 0 Å². The molecular weight excluding hydrogens is 366 g/mol. The molecule has 0 spiro atoms. The first-order valence-electron chi connectivity index (χ1n) is 10.3. The first kappa shape index (κ1) is 20.8. The van der Waals surface area contributed by atoms with E-state index in [1.54, 1.807) is 13.2 Å². The number of rotatable bonds is 7. The first-order chi connectivity index (χ1) is 14.2. The molecule has 1 fully saturated rings. The maximum absolute atomic E-state index is 12.6. The topological polar surface area (TPSA) is 80.3 Å². The SMILES string of the molecule is COc1ccc(CCNC(=O)c2cncc(C(=O)NC3CCCCCC3)c2)cc1. The van der Waals surface area contributed by atoms with Gasteiger partial charge in [0.15, 0.2) is 0 Å². The number of nitrogens with zero attached hydrogens (tertiary/aromatic N) is 1. The molecule has 2 N–H and O–H groups in total. The fraction of sp³-hybridized carbons (Fsp3) is 0.435. The van der Waals surface area contributed by atoms with Crippen molar-refractivity contribution in [1.82, 2.24) is 15.6 Å². The summed E-state index contributed by atoms with van der Waals surface area (Å²) >= 11 is 0. The van der Waals surface area contributed by atoms with Crippen LogP contribution in [0.15, 0.2) is 42.7 Å². The average molecular weight is 396 g/mol. The highest BCUT2D eigenvalue weighted by molar-refractivity contribution is 5.99. The lowest BCUT2D eigenvalue weighted by Gasteiger charge is -2.16. The molecule has 2 aromatic rings. The van der Waals surface area contributed by atoms with E-state index in [2.05, 4.69) is 15.6 Å². The number of benzene rings is 1. The van der Waals surface area contributed by atoms with Crippen LogP contribution in [-0.4, -0.2) is 36.5 Å². The minimum Gasteiger partial charge on any atom is -0.497 e. The second-order valence-electron chi connectivity index (χ2n) is 7.48. The van der Waals surface area contributed by atoms with Gasteiger partial charge in [0.2, 0.25) is 0 Å². The fourth-order valence-corrected chi connectivity index (χ4v) is 3.60. The molecule has 1 aromatic heterocycles. The van der Waals surface area contributed by atoms with Gasteiger partial charge >= 0.3 is 0 Å². The lowest BCUT2D eigenvalue weighted by atomic mass is 10.1. The Morgan fingerprint density at radius 1 is 1.00 bits per heavy atom. The molecule has 1 aromatic carbocycles. The Kier molecular flexibility index (Phi) is 7.61. The number of ether oxygens (including phenoxy) is 1. The van der Waals surface area contributed by atoms with E-state index in [1.807, 2.05) is 24.3 Å². The Bertz CT molecular complexity index is 812. The third-order valence-electron chi connectivity index (χ3n) is 5.31. The van der Waals surface area contributed by atoms with E-state index >= 15 is 0 Å². The van der Waals surface area contributed by atoms with Crippen LogP contribution in [0.2, 0.25) is 0 Å². The summed E-state index contributed by atoms with van der Waals surface area (Å²) in [5.74, 6) is 0.426. The van der Waals surface area contributed by atoms with Gasteiger partial charge in [-0.2, -0.15) is 0 Å². The van der Waals surface area contributed by atoms with Crippen LogP contribution >= 0.6 is 0 Å². The molecule has 1 aliphatic rings. The van der Waals surface area contributed by atoms with Crippen LogP contribution in [0.1, 0.15) is 64.8 Å². The van der Waals surface area contributed by atoms with Crippen LogP contribution in [0, 0.1) is 0 Å². The number of methoxy groups -OCH3 is 1. The summed E-state index contributed by atoms with van der Waals surface area (Å²) in [6, 6.07) is 9.58. The van der Waals surface area contributed by atoms with Gasteiger partial charge in [-0.25, -0.2) is 0 Å². The second kappa shape index (κ2) is 10.6. The molecule has 6 heteroatoms. The maximum atomic E-state index is 12.6. The van der Waals surface area contributed by atoms with Crippen LogP contribution < -0.4 is 15.4 Å². The van der Waals surface area contributed by atoms with E-state index in [4.69, 9.17) is 4.74 Å². The molecule has 1 aliphatic carbocycles. The Balaban J connectivity index is 1.52. The van der Waals surface area contributed by atoms with Gasteiger partial charge in [0, 0.05) is 25.0 Å². The molecule has 0 aliphatic heterocycles. The van der Waals surface area contributed by atoms with Crippen LogP contribution in [0.4, 0.5) is 0 Å². The van der Waals surface area contributed by atoms with Gasteiger partial charge in [0.25, 0.3) is 11.8 Å². The zero-order valence-electron chi connectivity index (χ0n) is 16.9. The highest BCUT2D eigenvalue weighted by atomic mass is 16.5. The Labute approximate surface area is 172 Å². The van der Waals surface area contributed by atoms with Gasteiger partial charge in [-0.3, -0.25) is 14.6 Å². The predicted octanol–water partition coefficient (Wildman–Crippen LogP) is 3.52. The number of aromatic nitrogens is 1. The summed E-state index contributed by atoms with van der Waals surface area (Å²) in [7, 11) is 1.63. The lowest BCUT2D eigenvalue weighted by Crippen LogP contribution is -2.34. The molecule has 29 heavy (non-hydrogen) atoms. The van der Waals surface area contributed by atoms with E-state index in [0.29, 0.717) is 24.1 Å². The van der Waals surface area contributed by atoms with Crippen LogP contribution in [0.5, 0.6) is 5.75 Å². The van der Waals surface area contributed by atoms with Crippen molar-refractivity contribution in [3.63, 3.8) is 0 Å². The van der Waals surface area contributed by atoms with Gasteiger partial charge in [0.1, 0.15) is 5.75 Å². The highest BCUT2D eigenvalue weighted by Gasteiger charge is 2.17. The zero-order valence-corrected chi connectivity index (χ0v) is 16.9. The van der Waals surface area contributed by atoms with Crippen LogP contribution in [0.3, 0.4) is 0 Å². The van der Waals surface area contributed by atoms with Gasteiger partial charge in [-0.1, -0.05) is 37.8 Å². The Morgan fingerprint density at radius 2 is 1.66 bits per heavy atom. The predicted molar refractivity (Wildman–Crippen MR) is 112 cm³/mol. The van der Waals surface area contributed by atoms with Gasteiger partial charge in [-0.05, 0) is 43.0 Å². The van der Waals surface area contributed by atoms with Crippen molar-refractivity contribution in [2.45, 2.75) is 51.0 Å². The summed E-state index contributed by atoms with van der Waals surface area (Å²) in [5, 5.41) is 5.98. The molecule has 6 nitrogen and oxygen atoms in total. The van der Waals surface area contributed by atoms with E-state index < -0.39 is 0 Å². The van der Waals surface area contributed by atoms with E-state index in [9.17, 15) is 9.59 Å². The number of hydrogen-bond acceptors (Lipinski definition) is 4. The number of hydrogen-bond donors (Lipinski definition) is 2. The van der Waals surface area contributed by atoms with Crippen molar-refractivity contribution in [3.05, 3.63) is 59.4 Å². The summed E-state index contributed by atoms with van der Waals surface area (Å²) in [4.78, 5) is 29.1. The molecule has 1 saturated carbocycles.